The molecule has 4 heavy (non-hydrogen) atoms. The third-order valence-corrected chi connectivity index (χ3v) is 0. The summed E-state index contributed by atoms with van der Waals surface area (Å²) < 4.78 is 0. The van der Waals surface area contributed by atoms with Crippen molar-refractivity contribution in [3.05, 3.63) is 7.43 Å². The summed E-state index contributed by atoms with van der Waals surface area (Å²) in [6.45, 7) is 0. The van der Waals surface area contributed by atoms with E-state index in [1.54, 1.807) is 0 Å². The molecule has 0 unspecified atom stereocenters. The summed E-state index contributed by atoms with van der Waals surface area (Å²) in [5, 5.41) is 0. The maximum absolute atomic E-state index is 0. The Bertz CT molecular complexity index is 8.00. The Hall–Kier alpha value is 1.41. The van der Waals surface area contributed by atoms with E-state index in [0.29, 0.717) is 0 Å². The molecule has 0 saturated heterocycles. The largest absolute Gasteiger partial charge is 0 e. The van der Waals surface area contributed by atoms with Gasteiger partial charge in [0, 0.05) is 57.0 Å². The SMILES string of the molecule is [C].[Nb].[O].[Ti]. The second-order valence-corrected chi connectivity index (χ2v) is 0. The van der Waals surface area contributed by atoms with Gasteiger partial charge in [-0.15, -0.1) is 0 Å². The van der Waals surface area contributed by atoms with Crippen molar-refractivity contribution in [1.82, 2.24) is 0 Å². The fourth-order valence-corrected chi connectivity index (χ4v) is 0. The zero-order chi connectivity index (χ0) is 0. The van der Waals surface area contributed by atoms with Gasteiger partial charge >= 0.3 is 0 Å². The first-order chi connectivity index (χ1) is 0. The molecule has 0 aliphatic heterocycles. The molecule has 0 amide bonds. The molecule has 0 spiro atoms. The first-order valence-corrected chi connectivity index (χ1v) is 0. The van der Waals surface area contributed by atoms with Crippen LogP contribution in [-0.4, -0.2) is 0 Å². The van der Waals surface area contributed by atoms with Gasteiger partial charge in [-0.2, -0.15) is 0 Å². The first-order valence-electron chi connectivity index (χ1n) is 0. The zero-order valence-corrected chi connectivity index (χ0v) is 5.62. The minimum Gasteiger partial charge on any atom is 0 e. The van der Waals surface area contributed by atoms with E-state index in [1.807, 2.05) is 0 Å². The van der Waals surface area contributed by atoms with Crippen LogP contribution in [0.5, 0.6) is 0 Å². The van der Waals surface area contributed by atoms with E-state index in [1.165, 1.54) is 0 Å². The zero-order valence-electron chi connectivity index (χ0n) is 1.86. The van der Waals surface area contributed by atoms with Crippen LogP contribution in [-0.2, 0) is 49.6 Å². The summed E-state index contributed by atoms with van der Waals surface area (Å²) in [4.78, 5) is 0. The monoisotopic (exact) mass is 169 g/mol. The van der Waals surface area contributed by atoms with Crippen LogP contribution in [0.3, 0.4) is 0 Å². The first kappa shape index (κ1) is 52.7. The third kappa shape index (κ3) is 9.95. The summed E-state index contributed by atoms with van der Waals surface area (Å²) in [6.07, 6.45) is 0. The molecule has 0 N–H and O–H groups in total. The molecule has 1 nitrogen and oxygen atoms in total. The summed E-state index contributed by atoms with van der Waals surface area (Å²) >= 11 is 0. The molecule has 0 aromatic heterocycles. The number of hydrogen-bond donors (Lipinski definition) is 0. The molecular formula is CNbOTi. The third-order valence-electron chi connectivity index (χ3n) is 0. The molecule has 0 aromatic carbocycles. The van der Waals surface area contributed by atoms with E-state index in [-0.39, 0.29) is 57.0 Å². The Morgan fingerprint density at radius 2 is 1.00 bits per heavy atom. The molecule has 3 heteroatoms. The average molecular weight is 169 g/mol. The van der Waals surface area contributed by atoms with Crippen LogP contribution in [0.25, 0.3) is 0 Å². The van der Waals surface area contributed by atoms with Crippen molar-refractivity contribution in [2.45, 2.75) is 0 Å². The maximum atomic E-state index is 0. The number of hydrogen-bond acceptors (Lipinski definition) is 0. The van der Waals surface area contributed by atoms with Crippen LogP contribution in [0.4, 0.5) is 0 Å². The molecule has 0 aliphatic carbocycles. The van der Waals surface area contributed by atoms with Gasteiger partial charge in [0.05, 0.1) is 0 Å². The summed E-state index contributed by atoms with van der Waals surface area (Å²) in [5.74, 6) is 0. The van der Waals surface area contributed by atoms with Crippen LogP contribution in [0.2, 0.25) is 0 Å². The van der Waals surface area contributed by atoms with Gasteiger partial charge in [-0.05, 0) is 0 Å². The van der Waals surface area contributed by atoms with E-state index in [9.17, 15) is 0 Å². The van der Waals surface area contributed by atoms with Gasteiger partial charge < -0.3 is 0 Å². The molecule has 7 radical (unpaired) electrons. The fraction of sp³-hybridized carbons (Fsp3) is 0. The van der Waals surface area contributed by atoms with Crippen molar-refractivity contribution < 1.29 is 49.6 Å². The molecule has 0 bridgehead atoms. The van der Waals surface area contributed by atoms with Crippen LogP contribution in [0.1, 0.15) is 0 Å². The minimum absolute atomic E-state index is 0. The van der Waals surface area contributed by atoms with Gasteiger partial charge in [-0.3, -0.25) is 0 Å². The molecule has 0 aliphatic rings. The van der Waals surface area contributed by atoms with Crippen molar-refractivity contribution in [3.63, 3.8) is 0 Å². The van der Waals surface area contributed by atoms with Gasteiger partial charge in [0.15, 0.2) is 0 Å². The summed E-state index contributed by atoms with van der Waals surface area (Å²) in [5.41, 5.74) is 0. The Labute approximate surface area is 56.9 Å². The summed E-state index contributed by atoms with van der Waals surface area (Å²) in [7, 11) is 0. The Kier molecular flexibility index (Phi) is 339. The molecular weight excluding hydrogens is 169 g/mol. The van der Waals surface area contributed by atoms with Crippen molar-refractivity contribution in [2.24, 2.45) is 0 Å². The quantitative estimate of drug-likeness (QED) is 0.455. The molecule has 0 aromatic rings. The second kappa shape index (κ2) is 25.7. The van der Waals surface area contributed by atoms with Gasteiger partial charge in [0.25, 0.3) is 0 Å². The van der Waals surface area contributed by atoms with Crippen molar-refractivity contribution >= 4 is 0 Å². The van der Waals surface area contributed by atoms with E-state index >= 15 is 0 Å². The van der Waals surface area contributed by atoms with E-state index in [0.717, 1.165) is 0 Å². The normalized spacial score (nSPS) is 0. The number of rotatable bonds is 0. The predicted molar refractivity (Wildman–Crippen MR) is 3.93 cm³/mol. The molecule has 19 valence electrons. The van der Waals surface area contributed by atoms with E-state index < -0.39 is 0 Å². The minimum atomic E-state index is 0. The van der Waals surface area contributed by atoms with Crippen molar-refractivity contribution in [1.29, 1.82) is 0 Å². The van der Waals surface area contributed by atoms with Crippen LogP contribution in [0, 0.1) is 7.43 Å². The Morgan fingerprint density at radius 1 is 1.00 bits per heavy atom. The Balaban J connectivity index is 0. The van der Waals surface area contributed by atoms with E-state index in [2.05, 4.69) is 0 Å². The van der Waals surface area contributed by atoms with Gasteiger partial charge in [-0.25, -0.2) is 0 Å². The van der Waals surface area contributed by atoms with Crippen molar-refractivity contribution in [3.8, 4) is 0 Å². The van der Waals surface area contributed by atoms with Gasteiger partial charge in [0.2, 0.25) is 0 Å². The van der Waals surface area contributed by atoms with Crippen LogP contribution < -0.4 is 0 Å². The van der Waals surface area contributed by atoms with Gasteiger partial charge in [-0.1, -0.05) is 0 Å². The summed E-state index contributed by atoms with van der Waals surface area (Å²) in [6, 6.07) is 0. The standard InChI is InChI=1S/C.Nb.O.Ti. The molecule has 0 heterocycles. The van der Waals surface area contributed by atoms with E-state index in [4.69, 9.17) is 0 Å². The van der Waals surface area contributed by atoms with Gasteiger partial charge in [0.1, 0.15) is 0 Å². The predicted octanol–water partition coefficient (Wildman–Crippen LogP) is -0.0425. The maximum Gasteiger partial charge on any atom is 0 e. The van der Waals surface area contributed by atoms with Crippen LogP contribution in [0.15, 0.2) is 0 Å². The Morgan fingerprint density at radius 3 is 1.00 bits per heavy atom. The topological polar surface area (TPSA) is 28.5 Å². The smallest absolute Gasteiger partial charge is 0 e. The van der Waals surface area contributed by atoms with Crippen LogP contribution >= 0.6 is 0 Å². The molecule has 0 fully saturated rings. The molecule has 0 saturated carbocycles. The molecule has 0 atom stereocenters. The fourth-order valence-electron chi connectivity index (χ4n) is 0. The second-order valence-electron chi connectivity index (χ2n) is 0. The average Bonchev–Trinajstić information content (AvgIpc) is 0. The molecule has 0 rings (SSSR count). The van der Waals surface area contributed by atoms with Crippen molar-refractivity contribution in [2.75, 3.05) is 0 Å².